The lowest BCUT2D eigenvalue weighted by Crippen LogP contribution is -2.09. The van der Waals surface area contributed by atoms with Crippen LogP contribution in [0.15, 0.2) is 83.6 Å². The second-order valence-electron chi connectivity index (χ2n) is 8.90. The summed E-state index contributed by atoms with van der Waals surface area (Å²) in [4.78, 5) is 17.4. The van der Waals surface area contributed by atoms with Crippen molar-refractivity contribution in [2.45, 2.75) is 27.7 Å². The molecular weight excluding hydrogens is 448 g/mol. The van der Waals surface area contributed by atoms with Crippen molar-refractivity contribution in [2.75, 3.05) is 11.9 Å². The van der Waals surface area contributed by atoms with E-state index in [0.717, 1.165) is 61.1 Å². The van der Waals surface area contributed by atoms with Crippen LogP contribution in [0.5, 0.6) is 5.75 Å². The second kappa shape index (κ2) is 9.70. The zero-order valence-electron chi connectivity index (χ0n) is 20.9. The standard InChI is InChI=1S/C31H28N2O3/c1-5-35-30-21(4)31-25(26(18-36-31)22-13-11-19(2)12-14-22)17-24(30)20(3)16-29(34)33-28-10-6-9-27-23(28)8-7-15-32-27/h6-18H,5H2,1-4H3,(H,33,34)/b20-16+. The predicted octanol–water partition coefficient (Wildman–Crippen LogP) is 7.71. The molecule has 180 valence electrons. The topological polar surface area (TPSA) is 64.4 Å². The molecule has 0 bridgehead atoms. The number of amides is 1. The quantitative estimate of drug-likeness (QED) is 0.255. The summed E-state index contributed by atoms with van der Waals surface area (Å²) in [5.41, 5.74) is 8.22. The Morgan fingerprint density at radius 1 is 1.06 bits per heavy atom. The van der Waals surface area contributed by atoms with Gasteiger partial charge in [0.1, 0.15) is 11.3 Å². The van der Waals surface area contributed by atoms with Gasteiger partial charge >= 0.3 is 0 Å². The van der Waals surface area contributed by atoms with Gasteiger partial charge in [-0.3, -0.25) is 9.78 Å². The Morgan fingerprint density at radius 3 is 2.64 bits per heavy atom. The number of hydrogen-bond donors (Lipinski definition) is 1. The Labute approximate surface area is 210 Å². The smallest absolute Gasteiger partial charge is 0.248 e. The number of hydrogen-bond acceptors (Lipinski definition) is 4. The fourth-order valence-electron chi connectivity index (χ4n) is 4.55. The lowest BCUT2D eigenvalue weighted by atomic mass is 9.96. The van der Waals surface area contributed by atoms with Gasteiger partial charge in [-0.05, 0) is 69.2 Å². The normalized spacial score (nSPS) is 11.7. The number of pyridine rings is 1. The number of aryl methyl sites for hydroxylation is 2. The molecule has 5 aromatic rings. The molecule has 0 radical (unpaired) electrons. The summed E-state index contributed by atoms with van der Waals surface area (Å²) in [6.07, 6.45) is 5.15. The Hall–Kier alpha value is -4.38. The van der Waals surface area contributed by atoms with E-state index in [0.29, 0.717) is 6.61 Å². The minimum Gasteiger partial charge on any atom is -0.493 e. The summed E-state index contributed by atoms with van der Waals surface area (Å²) in [5, 5.41) is 4.90. The van der Waals surface area contributed by atoms with Crippen LogP contribution in [0.4, 0.5) is 5.69 Å². The van der Waals surface area contributed by atoms with E-state index in [-0.39, 0.29) is 5.91 Å². The molecule has 0 saturated heterocycles. The maximum atomic E-state index is 13.1. The maximum absolute atomic E-state index is 13.1. The molecule has 0 fully saturated rings. The summed E-state index contributed by atoms with van der Waals surface area (Å²) in [7, 11) is 0. The van der Waals surface area contributed by atoms with Crippen LogP contribution in [0, 0.1) is 13.8 Å². The molecule has 2 aromatic heterocycles. The Bertz CT molecular complexity index is 1610. The monoisotopic (exact) mass is 476 g/mol. The van der Waals surface area contributed by atoms with Gasteiger partial charge in [0.25, 0.3) is 0 Å². The fourth-order valence-corrected chi connectivity index (χ4v) is 4.55. The number of benzene rings is 3. The number of rotatable bonds is 6. The van der Waals surface area contributed by atoms with Crippen molar-refractivity contribution in [1.82, 2.24) is 4.98 Å². The first-order valence-electron chi connectivity index (χ1n) is 12.0. The average Bonchev–Trinajstić information content (AvgIpc) is 3.30. The number of fused-ring (bicyclic) bond motifs is 2. The third kappa shape index (κ3) is 4.36. The molecule has 0 aliphatic rings. The van der Waals surface area contributed by atoms with E-state index in [9.17, 15) is 4.79 Å². The van der Waals surface area contributed by atoms with Crippen LogP contribution in [0.1, 0.15) is 30.5 Å². The first kappa shape index (κ1) is 23.4. The highest BCUT2D eigenvalue weighted by Gasteiger charge is 2.19. The van der Waals surface area contributed by atoms with E-state index in [2.05, 4.69) is 47.6 Å². The van der Waals surface area contributed by atoms with Crippen molar-refractivity contribution in [3.05, 3.63) is 95.9 Å². The molecule has 0 spiro atoms. The van der Waals surface area contributed by atoms with Gasteiger partial charge in [-0.25, -0.2) is 0 Å². The summed E-state index contributed by atoms with van der Waals surface area (Å²) in [5.74, 6) is 0.515. The number of nitrogens with zero attached hydrogens (tertiary/aromatic N) is 1. The van der Waals surface area contributed by atoms with Crippen LogP contribution in [0.3, 0.4) is 0 Å². The van der Waals surface area contributed by atoms with Crippen LogP contribution in [0.2, 0.25) is 0 Å². The second-order valence-corrected chi connectivity index (χ2v) is 8.90. The molecule has 5 heteroatoms. The first-order chi connectivity index (χ1) is 17.5. The van der Waals surface area contributed by atoms with E-state index >= 15 is 0 Å². The van der Waals surface area contributed by atoms with Gasteiger partial charge in [0, 0.05) is 39.7 Å². The van der Waals surface area contributed by atoms with Gasteiger partial charge in [0.15, 0.2) is 0 Å². The van der Waals surface area contributed by atoms with Crippen LogP contribution in [0.25, 0.3) is 38.6 Å². The SMILES string of the molecule is CCOc1c(/C(C)=C/C(=O)Nc2cccc3ncccc23)cc2c(-c3ccc(C)cc3)coc2c1C. The Balaban J connectivity index is 1.56. The Morgan fingerprint density at radius 2 is 1.86 bits per heavy atom. The molecule has 0 unspecified atom stereocenters. The van der Waals surface area contributed by atoms with Crippen molar-refractivity contribution in [3.63, 3.8) is 0 Å². The Kier molecular flexibility index (Phi) is 6.30. The van der Waals surface area contributed by atoms with E-state index in [4.69, 9.17) is 9.15 Å². The van der Waals surface area contributed by atoms with E-state index in [1.54, 1.807) is 18.5 Å². The summed E-state index contributed by atoms with van der Waals surface area (Å²) in [6, 6.07) is 19.9. The third-order valence-electron chi connectivity index (χ3n) is 6.37. The summed E-state index contributed by atoms with van der Waals surface area (Å²) < 4.78 is 12.0. The molecule has 0 atom stereocenters. The number of furan rings is 1. The lowest BCUT2D eigenvalue weighted by molar-refractivity contribution is -0.111. The minimum atomic E-state index is -0.213. The summed E-state index contributed by atoms with van der Waals surface area (Å²) >= 11 is 0. The van der Waals surface area contributed by atoms with Gasteiger partial charge in [-0.2, -0.15) is 0 Å². The molecule has 0 aliphatic heterocycles. The van der Waals surface area contributed by atoms with Crippen molar-refractivity contribution in [2.24, 2.45) is 0 Å². The number of ether oxygens (including phenoxy) is 1. The molecule has 5 nitrogen and oxygen atoms in total. The van der Waals surface area contributed by atoms with Gasteiger partial charge in [-0.1, -0.05) is 35.9 Å². The van der Waals surface area contributed by atoms with Crippen LogP contribution in [-0.2, 0) is 4.79 Å². The van der Waals surface area contributed by atoms with Crippen molar-refractivity contribution >= 4 is 39.0 Å². The zero-order valence-corrected chi connectivity index (χ0v) is 20.9. The van der Waals surface area contributed by atoms with Gasteiger partial charge in [0.2, 0.25) is 5.91 Å². The van der Waals surface area contributed by atoms with Crippen LogP contribution >= 0.6 is 0 Å². The zero-order chi connectivity index (χ0) is 25.2. The number of carbonyl (C=O) groups is 1. The lowest BCUT2D eigenvalue weighted by Gasteiger charge is -2.15. The first-order valence-corrected chi connectivity index (χ1v) is 12.0. The van der Waals surface area contributed by atoms with Gasteiger partial charge < -0.3 is 14.5 Å². The van der Waals surface area contributed by atoms with Crippen molar-refractivity contribution in [1.29, 1.82) is 0 Å². The van der Waals surface area contributed by atoms with E-state index < -0.39 is 0 Å². The third-order valence-corrected chi connectivity index (χ3v) is 6.37. The van der Waals surface area contributed by atoms with E-state index in [1.165, 1.54) is 5.56 Å². The molecule has 36 heavy (non-hydrogen) atoms. The van der Waals surface area contributed by atoms with Crippen molar-refractivity contribution in [3.8, 4) is 16.9 Å². The summed E-state index contributed by atoms with van der Waals surface area (Å²) in [6.45, 7) is 8.46. The highest BCUT2D eigenvalue weighted by molar-refractivity contribution is 6.09. The van der Waals surface area contributed by atoms with Gasteiger partial charge in [-0.15, -0.1) is 0 Å². The van der Waals surface area contributed by atoms with Crippen LogP contribution in [-0.4, -0.2) is 17.5 Å². The molecule has 1 N–H and O–H groups in total. The molecule has 3 aromatic carbocycles. The molecule has 2 heterocycles. The number of carbonyl (C=O) groups excluding carboxylic acids is 1. The number of allylic oxidation sites excluding steroid dienone is 1. The molecular formula is C31H28N2O3. The largest absolute Gasteiger partial charge is 0.493 e. The van der Waals surface area contributed by atoms with Gasteiger partial charge in [0.05, 0.1) is 24.1 Å². The number of anilines is 1. The maximum Gasteiger partial charge on any atom is 0.248 e. The van der Waals surface area contributed by atoms with E-state index in [1.807, 2.05) is 51.1 Å². The van der Waals surface area contributed by atoms with Crippen molar-refractivity contribution < 1.29 is 13.9 Å². The molecule has 0 saturated carbocycles. The molecule has 5 rings (SSSR count). The molecule has 0 aliphatic carbocycles. The highest BCUT2D eigenvalue weighted by atomic mass is 16.5. The number of nitrogens with one attached hydrogen (secondary N) is 1. The highest BCUT2D eigenvalue weighted by Crippen LogP contribution is 2.40. The number of aromatic nitrogens is 1. The van der Waals surface area contributed by atoms with Crippen LogP contribution < -0.4 is 10.1 Å². The predicted molar refractivity (Wildman–Crippen MR) is 146 cm³/mol. The molecule has 1 amide bonds. The minimum absolute atomic E-state index is 0.213. The fraction of sp³-hybridized carbons (Fsp3) is 0.161. The average molecular weight is 477 g/mol.